The van der Waals surface area contributed by atoms with Crippen molar-refractivity contribution in [2.24, 2.45) is 0 Å². The first-order valence-electron chi connectivity index (χ1n) is 9.20. The summed E-state index contributed by atoms with van der Waals surface area (Å²) in [6.07, 6.45) is 3.46. The Morgan fingerprint density at radius 2 is 1.90 bits per heavy atom. The van der Waals surface area contributed by atoms with E-state index in [1.54, 1.807) is 48.6 Å². The van der Waals surface area contributed by atoms with Crippen molar-refractivity contribution in [3.63, 3.8) is 0 Å². The third-order valence-corrected chi connectivity index (χ3v) is 4.86. The van der Waals surface area contributed by atoms with Gasteiger partial charge in [-0.05, 0) is 55.0 Å². The second-order valence-electron chi connectivity index (χ2n) is 6.27. The molecule has 0 fully saturated rings. The maximum Gasteiger partial charge on any atom is 0.336 e. The van der Waals surface area contributed by atoms with Crippen LogP contribution in [0.3, 0.4) is 0 Å². The molecule has 3 aromatic rings. The fourth-order valence-electron chi connectivity index (χ4n) is 2.57. The molecule has 0 aliphatic rings. The lowest BCUT2D eigenvalue weighted by atomic mass is 10.1. The van der Waals surface area contributed by atoms with E-state index in [2.05, 4.69) is 4.98 Å². The quantitative estimate of drug-likeness (QED) is 0.221. The summed E-state index contributed by atoms with van der Waals surface area (Å²) in [5, 5.41) is 2.98. The molecule has 5 nitrogen and oxygen atoms in total. The third kappa shape index (κ3) is 6.12. The van der Waals surface area contributed by atoms with Gasteiger partial charge in [-0.2, -0.15) is 0 Å². The lowest BCUT2D eigenvalue weighted by Gasteiger charge is -2.05. The Hall–Kier alpha value is -3.25. The van der Waals surface area contributed by atoms with Crippen molar-refractivity contribution in [1.29, 1.82) is 0 Å². The molecule has 0 saturated carbocycles. The van der Waals surface area contributed by atoms with Crippen molar-refractivity contribution in [2.45, 2.75) is 26.9 Å². The standard InChI is InChI=1S/C23H21NO4S/c1-3-22(25)18-8-10-20(11-9-18)28-23(26)12-7-17-5-4-6-21(13-17)27-14-19-15-29-16(2)24-19/h4-13,15H,3,14H2,1-2H3/b12-7+. The number of ether oxygens (including phenoxy) is 2. The minimum Gasteiger partial charge on any atom is -0.487 e. The van der Waals surface area contributed by atoms with Crippen molar-refractivity contribution in [3.8, 4) is 11.5 Å². The van der Waals surface area contributed by atoms with E-state index in [9.17, 15) is 9.59 Å². The third-order valence-electron chi connectivity index (χ3n) is 4.04. The second-order valence-corrected chi connectivity index (χ2v) is 7.34. The van der Waals surface area contributed by atoms with Crippen molar-refractivity contribution >= 4 is 29.2 Å². The topological polar surface area (TPSA) is 65.5 Å². The summed E-state index contributed by atoms with van der Waals surface area (Å²) in [5.41, 5.74) is 2.31. The molecular weight excluding hydrogens is 386 g/mol. The van der Waals surface area contributed by atoms with E-state index in [1.807, 2.05) is 36.6 Å². The Labute approximate surface area is 173 Å². The van der Waals surface area contributed by atoms with Gasteiger partial charge in [-0.3, -0.25) is 4.79 Å². The van der Waals surface area contributed by atoms with Crippen molar-refractivity contribution in [2.75, 3.05) is 0 Å². The summed E-state index contributed by atoms with van der Waals surface area (Å²) in [7, 11) is 0. The predicted octanol–water partition coefficient (Wildman–Crippen LogP) is 5.24. The van der Waals surface area contributed by atoms with Crippen LogP contribution in [0.1, 0.15) is 40.0 Å². The van der Waals surface area contributed by atoms with Gasteiger partial charge in [0.2, 0.25) is 0 Å². The molecule has 6 heteroatoms. The van der Waals surface area contributed by atoms with Gasteiger partial charge in [0.15, 0.2) is 5.78 Å². The van der Waals surface area contributed by atoms with Crippen LogP contribution in [0, 0.1) is 6.92 Å². The van der Waals surface area contributed by atoms with Gasteiger partial charge in [-0.25, -0.2) is 9.78 Å². The van der Waals surface area contributed by atoms with E-state index in [0.717, 1.165) is 16.3 Å². The molecule has 0 amide bonds. The maximum absolute atomic E-state index is 12.0. The maximum atomic E-state index is 12.0. The molecule has 0 atom stereocenters. The van der Waals surface area contributed by atoms with Crippen LogP contribution in [0.2, 0.25) is 0 Å². The highest BCUT2D eigenvalue weighted by molar-refractivity contribution is 7.09. The van der Waals surface area contributed by atoms with Crippen LogP contribution < -0.4 is 9.47 Å². The molecular formula is C23H21NO4S. The van der Waals surface area contributed by atoms with Gasteiger partial charge in [-0.15, -0.1) is 11.3 Å². The number of ketones is 1. The normalized spacial score (nSPS) is 10.8. The van der Waals surface area contributed by atoms with E-state index in [4.69, 9.17) is 9.47 Å². The van der Waals surface area contributed by atoms with E-state index >= 15 is 0 Å². The first-order chi connectivity index (χ1) is 14.0. The average molecular weight is 407 g/mol. The average Bonchev–Trinajstić information content (AvgIpc) is 3.16. The molecule has 29 heavy (non-hydrogen) atoms. The van der Waals surface area contributed by atoms with Gasteiger partial charge in [0.25, 0.3) is 0 Å². The number of carbonyl (C=O) groups excluding carboxylic acids is 2. The van der Waals surface area contributed by atoms with Crippen LogP contribution >= 0.6 is 11.3 Å². The molecule has 148 valence electrons. The molecule has 3 rings (SSSR count). The molecule has 0 aliphatic heterocycles. The molecule has 0 saturated heterocycles. The van der Waals surface area contributed by atoms with E-state index in [0.29, 0.717) is 30.1 Å². The smallest absolute Gasteiger partial charge is 0.336 e. The number of nitrogens with zero attached hydrogens (tertiary/aromatic N) is 1. The second kappa shape index (κ2) is 9.80. The number of aryl methyl sites for hydroxylation is 1. The zero-order chi connectivity index (χ0) is 20.6. The molecule has 0 unspecified atom stereocenters. The van der Waals surface area contributed by atoms with E-state index in [-0.39, 0.29) is 5.78 Å². The Kier molecular flexibility index (Phi) is 6.92. The highest BCUT2D eigenvalue weighted by atomic mass is 32.1. The summed E-state index contributed by atoms with van der Waals surface area (Å²) in [4.78, 5) is 28.0. The van der Waals surface area contributed by atoms with Crippen LogP contribution in [0.4, 0.5) is 0 Å². The SMILES string of the molecule is CCC(=O)c1ccc(OC(=O)/C=C/c2cccc(OCc3csc(C)n3)c2)cc1. The Morgan fingerprint density at radius 1 is 1.10 bits per heavy atom. The number of hydrogen-bond acceptors (Lipinski definition) is 6. The van der Waals surface area contributed by atoms with Gasteiger partial charge in [0, 0.05) is 23.4 Å². The Morgan fingerprint density at radius 3 is 2.59 bits per heavy atom. The van der Waals surface area contributed by atoms with Crippen LogP contribution in [-0.4, -0.2) is 16.7 Å². The van der Waals surface area contributed by atoms with Gasteiger partial charge < -0.3 is 9.47 Å². The van der Waals surface area contributed by atoms with Crippen LogP contribution in [-0.2, 0) is 11.4 Å². The van der Waals surface area contributed by atoms with Gasteiger partial charge >= 0.3 is 5.97 Å². The number of Topliss-reactive ketones (excluding diaryl/α,β-unsaturated/α-hetero) is 1. The zero-order valence-electron chi connectivity index (χ0n) is 16.3. The van der Waals surface area contributed by atoms with Crippen molar-refractivity contribution in [3.05, 3.63) is 81.8 Å². The van der Waals surface area contributed by atoms with Crippen molar-refractivity contribution in [1.82, 2.24) is 4.98 Å². The fourth-order valence-corrected chi connectivity index (χ4v) is 3.16. The number of thiazole rings is 1. The first-order valence-corrected chi connectivity index (χ1v) is 10.1. The monoisotopic (exact) mass is 407 g/mol. The summed E-state index contributed by atoms with van der Waals surface area (Å²) < 4.78 is 11.0. The highest BCUT2D eigenvalue weighted by Gasteiger charge is 2.05. The summed E-state index contributed by atoms with van der Waals surface area (Å²) in [6, 6.07) is 14.0. The molecule has 1 heterocycles. The number of aromatic nitrogens is 1. The molecule has 0 radical (unpaired) electrons. The zero-order valence-corrected chi connectivity index (χ0v) is 17.1. The molecule has 1 aromatic heterocycles. The predicted molar refractivity (Wildman–Crippen MR) is 113 cm³/mol. The largest absolute Gasteiger partial charge is 0.487 e. The van der Waals surface area contributed by atoms with Gasteiger partial charge in [0.05, 0.1) is 10.7 Å². The fraction of sp³-hybridized carbons (Fsp3) is 0.174. The van der Waals surface area contributed by atoms with Crippen LogP contribution in [0.15, 0.2) is 60.0 Å². The summed E-state index contributed by atoms with van der Waals surface area (Å²) in [6.45, 7) is 4.16. The van der Waals surface area contributed by atoms with Crippen molar-refractivity contribution < 1.29 is 19.1 Å². The summed E-state index contributed by atoms with van der Waals surface area (Å²) in [5.74, 6) is 0.643. The van der Waals surface area contributed by atoms with Crippen LogP contribution in [0.25, 0.3) is 6.08 Å². The van der Waals surface area contributed by atoms with Gasteiger partial charge in [0.1, 0.15) is 18.1 Å². The minimum absolute atomic E-state index is 0.0507. The number of rotatable bonds is 8. The minimum atomic E-state index is -0.496. The van der Waals surface area contributed by atoms with Crippen LogP contribution in [0.5, 0.6) is 11.5 Å². The van der Waals surface area contributed by atoms with E-state index in [1.165, 1.54) is 6.08 Å². The lowest BCUT2D eigenvalue weighted by Crippen LogP contribution is -2.04. The van der Waals surface area contributed by atoms with E-state index < -0.39 is 5.97 Å². The molecule has 0 bridgehead atoms. The summed E-state index contributed by atoms with van der Waals surface area (Å²) >= 11 is 1.59. The number of carbonyl (C=O) groups is 2. The van der Waals surface area contributed by atoms with Gasteiger partial charge in [-0.1, -0.05) is 19.1 Å². The number of hydrogen-bond donors (Lipinski definition) is 0. The highest BCUT2D eigenvalue weighted by Crippen LogP contribution is 2.18. The molecule has 2 aromatic carbocycles. The Bertz CT molecular complexity index is 1020. The number of esters is 1. The molecule has 0 spiro atoms. The molecule has 0 aliphatic carbocycles. The number of benzene rings is 2. The molecule has 0 N–H and O–H groups in total. The first kappa shape index (κ1) is 20.5. The lowest BCUT2D eigenvalue weighted by molar-refractivity contribution is -0.128. The Balaban J connectivity index is 1.56.